The van der Waals surface area contributed by atoms with Crippen LogP contribution in [0.2, 0.25) is 0 Å². The quantitative estimate of drug-likeness (QED) is 0.805. The third kappa shape index (κ3) is 3.81. The number of rotatable bonds is 6. The van der Waals surface area contributed by atoms with Crippen molar-refractivity contribution in [2.75, 3.05) is 6.61 Å². The smallest absolute Gasteiger partial charge is 0.240 e. The van der Waals surface area contributed by atoms with Gasteiger partial charge in [-0.2, -0.15) is 5.26 Å². The number of hydrogen-bond donors (Lipinski definition) is 2. The average molecular weight is 268 g/mol. The molecule has 6 heteroatoms. The molecule has 0 fully saturated rings. The van der Waals surface area contributed by atoms with Gasteiger partial charge in [-0.1, -0.05) is 6.92 Å². The SMILES string of the molecule is CCC(CCO)NS(=O)(=O)c1ccc(C#N)cc1. The molecule has 0 aliphatic rings. The standard InChI is InChI=1S/C12H16N2O3S/c1-2-11(7-8-15)14-18(16,17)12-5-3-10(9-13)4-6-12/h3-6,11,14-15H,2,7-8H2,1H3. The molecule has 1 aromatic carbocycles. The van der Waals surface area contributed by atoms with Crippen molar-refractivity contribution in [3.05, 3.63) is 29.8 Å². The Kier molecular flexibility index (Phi) is 5.28. The molecule has 0 aromatic heterocycles. The van der Waals surface area contributed by atoms with E-state index in [1.807, 2.05) is 13.0 Å². The zero-order valence-electron chi connectivity index (χ0n) is 10.1. The highest BCUT2D eigenvalue weighted by atomic mass is 32.2. The van der Waals surface area contributed by atoms with Crippen molar-refractivity contribution in [3.63, 3.8) is 0 Å². The van der Waals surface area contributed by atoms with Gasteiger partial charge in [0.2, 0.25) is 10.0 Å². The molecule has 1 unspecified atom stereocenters. The Morgan fingerprint density at radius 3 is 2.44 bits per heavy atom. The van der Waals surface area contributed by atoms with Crippen LogP contribution in [0.5, 0.6) is 0 Å². The van der Waals surface area contributed by atoms with Crippen molar-refractivity contribution in [1.29, 1.82) is 5.26 Å². The van der Waals surface area contributed by atoms with Crippen LogP contribution in [0.15, 0.2) is 29.2 Å². The second-order valence-corrected chi connectivity index (χ2v) is 5.59. The van der Waals surface area contributed by atoms with Gasteiger partial charge in [0, 0.05) is 12.6 Å². The fourth-order valence-electron chi connectivity index (χ4n) is 1.50. The number of hydrogen-bond acceptors (Lipinski definition) is 4. The molecule has 0 amide bonds. The molecule has 0 aliphatic heterocycles. The summed E-state index contributed by atoms with van der Waals surface area (Å²) >= 11 is 0. The zero-order valence-corrected chi connectivity index (χ0v) is 10.9. The number of benzene rings is 1. The molecular formula is C12H16N2O3S. The van der Waals surface area contributed by atoms with Crippen LogP contribution in [0.4, 0.5) is 0 Å². The minimum atomic E-state index is -3.59. The first-order chi connectivity index (χ1) is 8.53. The van der Waals surface area contributed by atoms with Gasteiger partial charge in [0.05, 0.1) is 16.5 Å². The van der Waals surface area contributed by atoms with Crippen molar-refractivity contribution in [2.45, 2.75) is 30.7 Å². The lowest BCUT2D eigenvalue weighted by Crippen LogP contribution is -2.35. The van der Waals surface area contributed by atoms with Crippen LogP contribution < -0.4 is 4.72 Å². The summed E-state index contributed by atoms with van der Waals surface area (Å²) in [5.74, 6) is 0. The van der Waals surface area contributed by atoms with Gasteiger partial charge in [-0.3, -0.25) is 0 Å². The van der Waals surface area contributed by atoms with E-state index in [-0.39, 0.29) is 17.5 Å². The summed E-state index contributed by atoms with van der Waals surface area (Å²) in [6.45, 7) is 1.79. The predicted molar refractivity (Wildman–Crippen MR) is 67.3 cm³/mol. The Morgan fingerprint density at radius 1 is 1.39 bits per heavy atom. The van der Waals surface area contributed by atoms with Crippen LogP contribution in [-0.4, -0.2) is 26.2 Å². The molecule has 1 atom stereocenters. The first kappa shape index (κ1) is 14.6. The maximum absolute atomic E-state index is 12.0. The summed E-state index contributed by atoms with van der Waals surface area (Å²) in [6, 6.07) is 7.36. The number of aliphatic hydroxyl groups is 1. The van der Waals surface area contributed by atoms with Crippen LogP contribution in [0, 0.1) is 11.3 Å². The van der Waals surface area contributed by atoms with E-state index in [1.54, 1.807) is 0 Å². The van der Waals surface area contributed by atoms with Gasteiger partial charge >= 0.3 is 0 Å². The van der Waals surface area contributed by atoms with Gasteiger partial charge in [-0.15, -0.1) is 0 Å². The summed E-state index contributed by atoms with van der Waals surface area (Å²) in [7, 11) is -3.59. The molecule has 0 spiro atoms. The number of nitriles is 1. The van der Waals surface area contributed by atoms with Crippen molar-refractivity contribution in [2.24, 2.45) is 0 Å². The Morgan fingerprint density at radius 2 is 2.00 bits per heavy atom. The summed E-state index contributed by atoms with van der Waals surface area (Å²) in [6.07, 6.45) is 0.988. The van der Waals surface area contributed by atoms with E-state index in [2.05, 4.69) is 4.72 Å². The lowest BCUT2D eigenvalue weighted by atomic mass is 10.2. The molecule has 1 rings (SSSR count). The first-order valence-electron chi connectivity index (χ1n) is 5.67. The summed E-state index contributed by atoms with van der Waals surface area (Å²) in [5, 5.41) is 17.5. The molecule has 0 aliphatic carbocycles. The van der Waals surface area contributed by atoms with Crippen LogP contribution in [0.25, 0.3) is 0 Å². The lowest BCUT2D eigenvalue weighted by Gasteiger charge is -2.15. The molecule has 0 saturated carbocycles. The highest BCUT2D eigenvalue weighted by Gasteiger charge is 2.18. The number of nitrogens with zero attached hydrogens (tertiary/aromatic N) is 1. The third-order valence-electron chi connectivity index (χ3n) is 2.59. The minimum absolute atomic E-state index is 0.0611. The third-order valence-corrected chi connectivity index (χ3v) is 4.12. The topological polar surface area (TPSA) is 90.2 Å². The van der Waals surface area contributed by atoms with Crippen molar-refractivity contribution in [3.8, 4) is 6.07 Å². The zero-order chi connectivity index (χ0) is 13.6. The Labute approximate surface area is 107 Å². The second-order valence-electron chi connectivity index (χ2n) is 3.87. The fraction of sp³-hybridized carbons (Fsp3) is 0.417. The molecule has 0 radical (unpaired) electrons. The Balaban J connectivity index is 2.88. The molecule has 0 saturated heterocycles. The molecule has 5 nitrogen and oxygen atoms in total. The van der Waals surface area contributed by atoms with Crippen LogP contribution in [0.3, 0.4) is 0 Å². The van der Waals surface area contributed by atoms with E-state index in [0.29, 0.717) is 18.4 Å². The number of nitrogens with one attached hydrogen (secondary N) is 1. The van der Waals surface area contributed by atoms with Gasteiger partial charge < -0.3 is 5.11 Å². The van der Waals surface area contributed by atoms with Crippen LogP contribution in [-0.2, 0) is 10.0 Å². The summed E-state index contributed by atoms with van der Waals surface area (Å²) < 4.78 is 26.5. The molecular weight excluding hydrogens is 252 g/mol. The van der Waals surface area contributed by atoms with Gasteiger partial charge in [-0.25, -0.2) is 13.1 Å². The predicted octanol–water partition coefficient (Wildman–Crippen LogP) is 0.998. The van der Waals surface area contributed by atoms with E-state index in [0.717, 1.165) is 0 Å². The van der Waals surface area contributed by atoms with E-state index in [1.165, 1.54) is 24.3 Å². The molecule has 18 heavy (non-hydrogen) atoms. The average Bonchev–Trinajstić information content (AvgIpc) is 2.38. The van der Waals surface area contributed by atoms with E-state index >= 15 is 0 Å². The Hall–Kier alpha value is -1.42. The number of sulfonamides is 1. The van der Waals surface area contributed by atoms with Gasteiger partial charge in [0.1, 0.15) is 0 Å². The fourth-order valence-corrected chi connectivity index (χ4v) is 2.85. The van der Waals surface area contributed by atoms with E-state index in [4.69, 9.17) is 10.4 Å². The van der Waals surface area contributed by atoms with Gasteiger partial charge in [-0.05, 0) is 37.1 Å². The largest absolute Gasteiger partial charge is 0.396 e. The lowest BCUT2D eigenvalue weighted by molar-refractivity contribution is 0.270. The summed E-state index contributed by atoms with van der Waals surface area (Å²) in [4.78, 5) is 0.123. The second kappa shape index (κ2) is 6.50. The molecule has 1 aromatic rings. The van der Waals surface area contributed by atoms with Crippen molar-refractivity contribution in [1.82, 2.24) is 4.72 Å². The monoisotopic (exact) mass is 268 g/mol. The van der Waals surface area contributed by atoms with Gasteiger partial charge in [0.15, 0.2) is 0 Å². The molecule has 0 heterocycles. The first-order valence-corrected chi connectivity index (χ1v) is 7.15. The minimum Gasteiger partial charge on any atom is -0.396 e. The molecule has 2 N–H and O–H groups in total. The highest BCUT2D eigenvalue weighted by molar-refractivity contribution is 7.89. The van der Waals surface area contributed by atoms with Crippen LogP contribution in [0.1, 0.15) is 25.3 Å². The van der Waals surface area contributed by atoms with E-state index in [9.17, 15) is 8.42 Å². The maximum atomic E-state index is 12.0. The summed E-state index contributed by atoms with van der Waals surface area (Å²) in [5.41, 5.74) is 0.413. The molecule has 98 valence electrons. The number of aliphatic hydroxyl groups excluding tert-OH is 1. The maximum Gasteiger partial charge on any atom is 0.240 e. The van der Waals surface area contributed by atoms with Crippen molar-refractivity contribution >= 4 is 10.0 Å². The van der Waals surface area contributed by atoms with Gasteiger partial charge in [0.25, 0.3) is 0 Å². The normalized spacial score (nSPS) is 12.9. The van der Waals surface area contributed by atoms with Crippen molar-refractivity contribution < 1.29 is 13.5 Å². The van der Waals surface area contributed by atoms with Crippen LogP contribution >= 0.6 is 0 Å². The molecule has 0 bridgehead atoms. The highest BCUT2D eigenvalue weighted by Crippen LogP contribution is 2.12. The van der Waals surface area contributed by atoms with E-state index < -0.39 is 10.0 Å². The Bertz CT molecular complexity index is 517.